The molecule has 1 aliphatic carbocycles. The van der Waals surface area contributed by atoms with Gasteiger partial charge in [0.2, 0.25) is 10.0 Å². The minimum Gasteiger partial charge on any atom is -0.268 e. The summed E-state index contributed by atoms with van der Waals surface area (Å²) in [6, 6.07) is 8.47. The second-order valence-corrected chi connectivity index (χ2v) is 9.39. The average Bonchev–Trinajstić information content (AvgIpc) is 2.62. The zero-order valence-corrected chi connectivity index (χ0v) is 16.8. The second-order valence-electron chi connectivity index (χ2n) is 7.68. The monoisotopic (exact) mass is 389 g/mol. The van der Waals surface area contributed by atoms with E-state index in [9.17, 15) is 13.2 Å². The van der Waals surface area contributed by atoms with E-state index >= 15 is 0 Å². The lowest BCUT2D eigenvalue weighted by Crippen LogP contribution is -2.43. The van der Waals surface area contributed by atoms with Crippen molar-refractivity contribution >= 4 is 10.0 Å². The second kappa shape index (κ2) is 7.94. The molecule has 146 valence electrons. The Balaban J connectivity index is 1.74. The molecule has 3 atom stereocenters. The molecule has 0 spiro atoms. The van der Waals surface area contributed by atoms with E-state index in [1.165, 1.54) is 0 Å². The summed E-state index contributed by atoms with van der Waals surface area (Å²) in [5.74, 6) is 0.852. The number of sulfonamides is 1. The molecule has 0 unspecified atom stereocenters. The number of hydrogen-bond acceptors (Lipinski definition) is 4. The normalized spacial score (nSPS) is 23.3. The lowest BCUT2D eigenvalue weighted by atomic mass is 9.78. The van der Waals surface area contributed by atoms with Crippen LogP contribution in [0.2, 0.25) is 0 Å². The van der Waals surface area contributed by atoms with Gasteiger partial charge in [-0.05, 0) is 48.9 Å². The molecule has 1 aromatic heterocycles. The Kier molecular flexibility index (Phi) is 5.81. The van der Waals surface area contributed by atoms with Crippen LogP contribution < -0.4 is 10.3 Å². The largest absolute Gasteiger partial charge is 0.268 e. The molecule has 0 saturated heterocycles. The van der Waals surface area contributed by atoms with Crippen molar-refractivity contribution in [1.29, 1.82) is 0 Å². The Bertz CT molecular complexity index is 951. The van der Waals surface area contributed by atoms with Crippen LogP contribution in [-0.4, -0.2) is 24.7 Å². The van der Waals surface area contributed by atoms with Gasteiger partial charge in [-0.15, -0.1) is 0 Å². The van der Waals surface area contributed by atoms with E-state index in [4.69, 9.17) is 0 Å². The number of nitrogens with one attached hydrogen (secondary N) is 2. The highest BCUT2D eigenvalue weighted by atomic mass is 32.2. The fourth-order valence-electron chi connectivity index (χ4n) is 3.71. The fourth-order valence-corrected chi connectivity index (χ4v) is 5.08. The average molecular weight is 390 g/mol. The van der Waals surface area contributed by atoms with Crippen molar-refractivity contribution in [3.63, 3.8) is 0 Å². The van der Waals surface area contributed by atoms with Crippen LogP contribution in [0.25, 0.3) is 0 Å². The van der Waals surface area contributed by atoms with Crippen molar-refractivity contribution in [3.05, 3.63) is 57.5 Å². The topological polar surface area (TPSA) is 91.9 Å². The van der Waals surface area contributed by atoms with E-state index in [1.807, 2.05) is 6.92 Å². The van der Waals surface area contributed by atoms with Crippen LogP contribution >= 0.6 is 0 Å². The van der Waals surface area contributed by atoms with Gasteiger partial charge in [0.05, 0.1) is 10.6 Å². The van der Waals surface area contributed by atoms with E-state index in [1.54, 1.807) is 30.3 Å². The van der Waals surface area contributed by atoms with Gasteiger partial charge in [-0.1, -0.05) is 38.8 Å². The summed E-state index contributed by atoms with van der Waals surface area (Å²) < 4.78 is 28.4. The molecule has 1 aliphatic rings. The summed E-state index contributed by atoms with van der Waals surface area (Å²) in [6.07, 6.45) is 3.52. The van der Waals surface area contributed by atoms with Gasteiger partial charge in [0.25, 0.3) is 5.56 Å². The number of aromatic nitrogens is 2. The van der Waals surface area contributed by atoms with Gasteiger partial charge in [0.15, 0.2) is 0 Å². The smallest absolute Gasteiger partial charge is 0.267 e. The van der Waals surface area contributed by atoms with Crippen molar-refractivity contribution in [2.75, 3.05) is 0 Å². The molecule has 3 rings (SSSR count). The van der Waals surface area contributed by atoms with Gasteiger partial charge < -0.3 is 0 Å². The Hall–Kier alpha value is -1.99. The third-order valence-corrected chi connectivity index (χ3v) is 7.16. The Morgan fingerprint density at radius 1 is 1.19 bits per heavy atom. The van der Waals surface area contributed by atoms with Crippen molar-refractivity contribution < 1.29 is 8.42 Å². The maximum Gasteiger partial charge on any atom is 0.267 e. The maximum absolute atomic E-state index is 12.7. The number of benzene rings is 1. The molecule has 0 amide bonds. The molecule has 1 fully saturated rings. The number of rotatable bonds is 5. The summed E-state index contributed by atoms with van der Waals surface area (Å²) in [5, 5.41) is 6.33. The highest BCUT2D eigenvalue weighted by molar-refractivity contribution is 7.89. The van der Waals surface area contributed by atoms with E-state index in [2.05, 4.69) is 28.8 Å². The predicted octanol–water partition coefficient (Wildman–Crippen LogP) is 2.77. The molecule has 0 radical (unpaired) electrons. The van der Waals surface area contributed by atoms with Crippen LogP contribution in [0, 0.1) is 18.8 Å². The van der Waals surface area contributed by atoms with Crippen molar-refractivity contribution in [2.24, 2.45) is 11.8 Å². The summed E-state index contributed by atoms with van der Waals surface area (Å²) in [5.41, 5.74) is 2.01. The SMILES string of the molecule is Cc1cc(Cc2ccc(S(=O)(=O)N[C@@H]3CCC[C@H](C)[C@H]3C)cc2)c(=O)[nH]n1. The number of nitrogens with zero attached hydrogens (tertiary/aromatic N) is 1. The van der Waals surface area contributed by atoms with Gasteiger partial charge in [0, 0.05) is 18.0 Å². The third kappa shape index (κ3) is 4.65. The summed E-state index contributed by atoms with van der Waals surface area (Å²) in [4.78, 5) is 12.1. The van der Waals surface area contributed by atoms with Crippen molar-refractivity contribution in [3.8, 4) is 0 Å². The maximum atomic E-state index is 12.7. The minimum atomic E-state index is -3.55. The molecular formula is C20H27N3O3S. The van der Waals surface area contributed by atoms with Gasteiger partial charge in [-0.2, -0.15) is 5.10 Å². The Morgan fingerprint density at radius 2 is 1.89 bits per heavy atom. The first-order valence-corrected chi connectivity index (χ1v) is 10.9. The van der Waals surface area contributed by atoms with Crippen molar-refractivity contribution in [2.45, 2.75) is 57.4 Å². The number of hydrogen-bond donors (Lipinski definition) is 2. The number of aromatic amines is 1. The highest BCUT2D eigenvalue weighted by Crippen LogP contribution is 2.30. The lowest BCUT2D eigenvalue weighted by molar-refractivity contribution is 0.227. The molecular weight excluding hydrogens is 362 g/mol. The molecule has 1 saturated carbocycles. The van der Waals surface area contributed by atoms with Crippen LogP contribution in [0.5, 0.6) is 0 Å². The molecule has 6 nitrogen and oxygen atoms in total. The highest BCUT2D eigenvalue weighted by Gasteiger charge is 2.30. The molecule has 1 aromatic carbocycles. The molecule has 1 heterocycles. The van der Waals surface area contributed by atoms with Crippen LogP contribution in [0.1, 0.15) is 49.9 Å². The first-order chi connectivity index (χ1) is 12.8. The van der Waals surface area contributed by atoms with Crippen LogP contribution in [0.3, 0.4) is 0 Å². The van der Waals surface area contributed by atoms with Crippen LogP contribution in [0.4, 0.5) is 0 Å². The first kappa shape index (κ1) is 19.8. The number of H-pyrrole nitrogens is 1. The predicted molar refractivity (Wildman–Crippen MR) is 105 cm³/mol. The molecule has 27 heavy (non-hydrogen) atoms. The Labute approximate surface area is 160 Å². The van der Waals surface area contributed by atoms with Gasteiger partial charge in [-0.25, -0.2) is 18.2 Å². The molecule has 0 aliphatic heterocycles. The van der Waals surface area contributed by atoms with E-state index < -0.39 is 10.0 Å². The van der Waals surface area contributed by atoms with Gasteiger partial charge >= 0.3 is 0 Å². The molecule has 2 aromatic rings. The zero-order valence-electron chi connectivity index (χ0n) is 16.0. The number of aryl methyl sites for hydroxylation is 1. The minimum absolute atomic E-state index is 0.0169. The standard InChI is InChI=1S/C20H27N3O3S/c1-13-5-4-6-19(15(13)3)23-27(25,26)18-9-7-16(8-10-18)12-17-11-14(2)21-22-20(17)24/h7-11,13,15,19,23H,4-6,12H2,1-3H3,(H,22,24)/t13-,15+,19+/m0/s1. The summed E-state index contributed by atoms with van der Waals surface area (Å²) in [6.45, 7) is 6.12. The third-order valence-electron chi connectivity index (χ3n) is 5.65. The quantitative estimate of drug-likeness (QED) is 0.822. The van der Waals surface area contributed by atoms with Crippen LogP contribution in [0.15, 0.2) is 40.0 Å². The Morgan fingerprint density at radius 3 is 2.59 bits per heavy atom. The zero-order chi connectivity index (χ0) is 19.6. The lowest BCUT2D eigenvalue weighted by Gasteiger charge is -2.34. The summed E-state index contributed by atoms with van der Waals surface area (Å²) in [7, 11) is -3.55. The van der Waals surface area contributed by atoms with E-state index in [-0.39, 0.29) is 16.5 Å². The molecule has 0 bridgehead atoms. The van der Waals surface area contributed by atoms with E-state index in [0.29, 0.717) is 23.8 Å². The molecule has 2 N–H and O–H groups in total. The fraction of sp³-hybridized carbons (Fsp3) is 0.500. The van der Waals surface area contributed by atoms with Crippen molar-refractivity contribution in [1.82, 2.24) is 14.9 Å². The van der Waals surface area contributed by atoms with Gasteiger partial charge in [-0.3, -0.25) is 4.79 Å². The molecule has 7 heteroatoms. The summed E-state index contributed by atoms with van der Waals surface area (Å²) >= 11 is 0. The van der Waals surface area contributed by atoms with Crippen LogP contribution in [-0.2, 0) is 16.4 Å². The van der Waals surface area contributed by atoms with Gasteiger partial charge in [0.1, 0.15) is 0 Å². The first-order valence-electron chi connectivity index (χ1n) is 9.43. The van der Waals surface area contributed by atoms with E-state index in [0.717, 1.165) is 30.5 Å².